The van der Waals surface area contributed by atoms with Crippen molar-refractivity contribution in [2.75, 3.05) is 11.9 Å². The molecule has 31 heavy (non-hydrogen) atoms. The minimum atomic E-state index is -0.461. The van der Waals surface area contributed by atoms with Crippen molar-refractivity contribution < 1.29 is 19.6 Å². The van der Waals surface area contributed by atoms with Gasteiger partial charge in [0.2, 0.25) is 18.2 Å². The standard InChI is InChI=1S/C17H30N2O3.C5H6N2OS/c1-3-4-7-14(10-15(20)18-22)16(21)19-12-17(11-13(19)2)8-5-6-9-17;1-4-2-6-5(9-4)7-3-8/h13-14,22H,3-12H2,1-2H3,(H,18,20);2-3H,1H3,(H,6,7,8). The van der Waals surface area contributed by atoms with Crippen molar-refractivity contribution in [3.05, 3.63) is 11.1 Å². The Bertz CT molecular complexity index is 733. The van der Waals surface area contributed by atoms with E-state index in [2.05, 4.69) is 24.1 Å². The van der Waals surface area contributed by atoms with Crippen LogP contribution in [0.1, 0.15) is 76.5 Å². The second-order valence-electron chi connectivity index (χ2n) is 8.84. The second-order valence-corrected chi connectivity index (χ2v) is 10.1. The Morgan fingerprint density at radius 1 is 1.42 bits per heavy atom. The summed E-state index contributed by atoms with van der Waals surface area (Å²) in [7, 11) is 0. The maximum Gasteiger partial charge on any atom is 0.244 e. The van der Waals surface area contributed by atoms with Crippen molar-refractivity contribution >= 4 is 34.7 Å². The van der Waals surface area contributed by atoms with Crippen molar-refractivity contribution in [1.29, 1.82) is 0 Å². The van der Waals surface area contributed by atoms with E-state index in [0.29, 0.717) is 17.0 Å². The molecule has 1 saturated heterocycles. The number of hydrogen-bond donors (Lipinski definition) is 3. The van der Waals surface area contributed by atoms with E-state index < -0.39 is 5.91 Å². The monoisotopic (exact) mass is 452 g/mol. The molecule has 3 N–H and O–H groups in total. The van der Waals surface area contributed by atoms with Crippen molar-refractivity contribution in [2.45, 2.75) is 84.6 Å². The van der Waals surface area contributed by atoms with Crippen LogP contribution in [0, 0.1) is 18.3 Å². The molecule has 9 heteroatoms. The third-order valence-electron chi connectivity index (χ3n) is 6.33. The number of nitrogens with one attached hydrogen (secondary N) is 2. The quantitative estimate of drug-likeness (QED) is 0.315. The number of hydroxylamine groups is 1. The molecule has 1 aliphatic carbocycles. The van der Waals surface area contributed by atoms with Crippen LogP contribution in [0.3, 0.4) is 0 Å². The lowest BCUT2D eigenvalue weighted by molar-refractivity contribution is -0.141. The van der Waals surface area contributed by atoms with Crippen molar-refractivity contribution in [3.8, 4) is 0 Å². The number of anilines is 1. The van der Waals surface area contributed by atoms with E-state index in [-0.39, 0.29) is 24.3 Å². The van der Waals surface area contributed by atoms with E-state index in [1.807, 2.05) is 11.8 Å². The zero-order valence-electron chi connectivity index (χ0n) is 18.9. The topological polar surface area (TPSA) is 112 Å². The molecule has 1 spiro atoms. The first-order chi connectivity index (χ1) is 14.8. The van der Waals surface area contributed by atoms with Gasteiger partial charge in [-0.1, -0.05) is 32.6 Å². The molecule has 2 fully saturated rings. The summed E-state index contributed by atoms with van der Waals surface area (Å²) in [5, 5.41) is 11.9. The summed E-state index contributed by atoms with van der Waals surface area (Å²) in [5.74, 6) is -0.656. The van der Waals surface area contributed by atoms with Crippen LogP contribution < -0.4 is 10.8 Å². The molecule has 1 saturated carbocycles. The van der Waals surface area contributed by atoms with E-state index in [4.69, 9.17) is 5.21 Å². The first-order valence-corrected chi connectivity index (χ1v) is 12.0. The molecule has 174 valence electrons. The SMILES string of the molecule is CCCCC(CC(=O)NO)C(=O)N1CC2(CCCC2)CC1C.Cc1cnc(NC=O)s1. The maximum atomic E-state index is 12.9. The highest BCUT2D eigenvalue weighted by molar-refractivity contribution is 7.15. The molecule has 1 aromatic rings. The summed E-state index contributed by atoms with van der Waals surface area (Å²) in [4.78, 5) is 41.2. The second kappa shape index (κ2) is 12.1. The van der Waals surface area contributed by atoms with Crippen molar-refractivity contribution in [2.24, 2.45) is 11.3 Å². The number of carbonyl (C=O) groups is 3. The number of aromatic nitrogens is 1. The van der Waals surface area contributed by atoms with Crippen LogP contribution in [0.15, 0.2) is 6.20 Å². The first kappa shape index (κ1) is 25.3. The molecule has 0 aromatic carbocycles. The Hall–Kier alpha value is -2.00. The molecule has 3 rings (SSSR count). The Morgan fingerprint density at radius 3 is 2.68 bits per heavy atom. The normalized spacial score (nSPS) is 20.1. The number of likely N-dealkylation sites (tertiary alicyclic amines) is 1. The summed E-state index contributed by atoms with van der Waals surface area (Å²) in [6, 6.07) is 0.270. The van der Waals surface area contributed by atoms with E-state index in [1.54, 1.807) is 11.7 Å². The third-order valence-corrected chi connectivity index (χ3v) is 7.17. The highest BCUT2D eigenvalue weighted by Crippen LogP contribution is 2.48. The number of hydrogen-bond acceptors (Lipinski definition) is 6. The molecule has 2 heterocycles. The summed E-state index contributed by atoms with van der Waals surface area (Å²) < 4.78 is 0. The van der Waals surface area contributed by atoms with Crippen LogP contribution in [0.5, 0.6) is 0 Å². The molecule has 1 aliphatic heterocycles. The third kappa shape index (κ3) is 7.28. The van der Waals surface area contributed by atoms with Crippen molar-refractivity contribution in [3.63, 3.8) is 0 Å². The summed E-state index contributed by atoms with van der Waals surface area (Å²) >= 11 is 1.46. The molecular formula is C22H36N4O4S. The van der Waals surface area contributed by atoms with Gasteiger partial charge in [-0.25, -0.2) is 10.5 Å². The molecule has 1 aromatic heterocycles. The van der Waals surface area contributed by atoms with E-state index in [1.165, 1.54) is 37.0 Å². The number of rotatable bonds is 8. The fourth-order valence-electron chi connectivity index (χ4n) is 4.84. The molecule has 8 nitrogen and oxygen atoms in total. The van der Waals surface area contributed by atoms with E-state index in [0.717, 1.165) is 37.1 Å². The molecule has 2 unspecified atom stereocenters. The summed E-state index contributed by atoms with van der Waals surface area (Å²) in [6.45, 7) is 7.01. The van der Waals surface area contributed by atoms with Crippen LogP contribution in [-0.2, 0) is 14.4 Å². The molecule has 2 aliphatic rings. The predicted octanol–water partition coefficient (Wildman–Crippen LogP) is 3.89. The zero-order valence-corrected chi connectivity index (χ0v) is 19.7. The molecular weight excluding hydrogens is 416 g/mol. The highest BCUT2D eigenvalue weighted by Gasteiger charge is 2.46. The van der Waals surface area contributed by atoms with Gasteiger partial charge in [-0.15, -0.1) is 11.3 Å². The van der Waals surface area contributed by atoms with Crippen LogP contribution in [0.25, 0.3) is 0 Å². The average Bonchev–Trinajstić information content (AvgIpc) is 3.46. The lowest BCUT2D eigenvalue weighted by atomic mass is 9.84. The smallest absolute Gasteiger partial charge is 0.244 e. The molecule has 0 radical (unpaired) electrons. The van der Waals surface area contributed by atoms with Crippen LogP contribution in [0.2, 0.25) is 0 Å². The fraction of sp³-hybridized carbons (Fsp3) is 0.727. The Morgan fingerprint density at radius 2 is 2.13 bits per heavy atom. The average molecular weight is 453 g/mol. The maximum absolute atomic E-state index is 12.9. The van der Waals surface area contributed by atoms with Gasteiger partial charge in [0.1, 0.15) is 0 Å². The van der Waals surface area contributed by atoms with Gasteiger partial charge in [-0.05, 0) is 44.9 Å². The van der Waals surface area contributed by atoms with Crippen LogP contribution in [-0.4, -0.2) is 45.9 Å². The number of nitrogens with zero attached hydrogens (tertiary/aromatic N) is 2. The number of thiazole rings is 1. The van der Waals surface area contributed by atoms with E-state index >= 15 is 0 Å². The van der Waals surface area contributed by atoms with Gasteiger partial charge < -0.3 is 10.2 Å². The molecule has 2 atom stereocenters. The number of amides is 3. The lowest BCUT2D eigenvalue weighted by Crippen LogP contribution is -2.41. The van der Waals surface area contributed by atoms with Crippen LogP contribution in [0.4, 0.5) is 5.13 Å². The number of aryl methyl sites for hydroxylation is 1. The predicted molar refractivity (Wildman–Crippen MR) is 121 cm³/mol. The Balaban J connectivity index is 0.000000316. The van der Waals surface area contributed by atoms with Gasteiger partial charge in [-0.3, -0.25) is 19.6 Å². The number of unbranched alkanes of at least 4 members (excludes halogenated alkanes) is 1. The zero-order chi connectivity index (χ0) is 22.9. The van der Waals surface area contributed by atoms with Gasteiger partial charge in [0.25, 0.3) is 0 Å². The lowest BCUT2D eigenvalue weighted by Gasteiger charge is -2.28. The van der Waals surface area contributed by atoms with Gasteiger partial charge >= 0.3 is 0 Å². The van der Waals surface area contributed by atoms with Crippen LogP contribution >= 0.6 is 11.3 Å². The Kier molecular flexibility index (Phi) is 9.90. The number of carbonyl (C=O) groups excluding carboxylic acids is 3. The first-order valence-electron chi connectivity index (χ1n) is 11.2. The minimum absolute atomic E-state index is 0.0888. The summed E-state index contributed by atoms with van der Waals surface area (Å²) in [5.41, 5.74) is 2.00. The molecule has 0 bridgehead atoms. The molecule has 3 amide bonds. The van der Waals surface area contributed by atoms with E-state index in [9.17, 15) is 14.4 Å². The largest absolute Gasteiger partial charge is 0.339 e. The summed E-state index contributed by atoms with van der Waals surface area (Å²) in [6.07, 6.45) is 11.2. The minimum Gasteiger partial charge on any atom is -0.339 e. The Labute approximate surface area is 188 Å². The van der Waals surface area contributed by atoms with Gasteiger partial charge in [0.15, 0.2) is 5.13 Å². The highest BCUT2D eigenvalue weighted by atomic mass is 32.1. The van der Waals surface area contributed by atoms with Gasteiger partial charge in [0, 0.05) is 36.0 Å². The van der Waals surface area contributed by atoms with Gasteiger partial charge in [-0.2, -0.15) is 0 Å². The van der Waals surface area contributed by atoms with Gasteiger partial charge in [0.05, 0.1) is 0 Å². The fourth-order valence-corrected chi connectivity index (χ4v) is 5.46. The van der Waals surface area contributed by atoms with Crippen molar-refractivity contribution in [1.82, 2.24) is 15.4 Å².